The first-order valence-electron chi connectivity index (χ1n) is 6.54. The molecule has 4 nitrogen and oxygen atoms in total. The Bertz CT molecular complexity index is 421. The van der Waals surface area contributed by atoms with Gasteiger partial charge in [-0.1, -0.05) is 30.3 Å². The number of amides is 1. The normalized spacial score (nSPS) is 29.2. The van der Waals surface area contributed by atoms with Gasteiger partial charge in [-0.25, -0.2) is 4.79 Å². The van der Waals surface area contributed by atoms with Crippen LogP contribution >= 0.6 is 0 Å². The van der Waals surface area contributed by atoms with Gasteiger partial charge in [0, 0.05) is 18.1 Å². The Morgan fingerprint density at radius 2 is 2.17 bits per heavy atom. The van der Waals surface area contributed by atoms with Crippen molar-refractivity contribution in [1.82, 2.24) is 10.6 Å². The molecular formula is C14H18N2O2. The standard InChI is InChI=1S/C14H18N2O2/c17-14(18-9-10-4-2-1-3-5-10)16-13-8-11-6-7-12(13)15-11/h1-5,11-13,15H,6-9H2,(H,16,17)/t11?,12?,13-/m0/s1. The van der Waals surface area contributed by atoms with Crippen LogP contribution in [0.4, 0.5) is 4.79 Å². The molecule has 1 aromatic carbocycles. The van der Waals surface area contributed by atoms with E-state index in [2.05, 4.69) is 10.6 Å². The van der Waals surface area contributed by atoms with E-state index >= 15 is 0 Å². The minimum Gasteiger partial charge on any atom is -0.445 e. The summed E-state index contributed by atoms with van der Waals surface area (Å²) >= 11 is 0. The van der Waals surface area contributed by atoms with E-state index in [1.807, 2.05) is 30.3 Å². The molecule has 2 N–H and O–H groups in total. The Morgan fingerprint density at radius 1 is 1.33 bits per heavy atom. The first-order chi connectivity index (χ1) is 8.81. The molecule has 2 aliphatic rings. The molecule has 96 valence electrons. The number of nitrogens with one attached hydrogen (secondary N) is 2. The molecule has 2 unspecified atom stereocenters. The number of benzene rings is 1. The van der Waals surface area contributed by atoms with E-state index < -0.39 is 0 Å². The summed E-state index contributed by atoms with van der Waals surface area (Å²) in [6, 6.07) is 11.0. The lowest BCUT2D eigenvalue weighted by molar-refractivity contribution is 0.134. The van der Waals surface area contributed by atoms with E-state index in [1.165, 1.54) is 6.42 Å². The fraction of sp³-hybridized carbons (Fsp3) is 0.500. The van der Waals surface area contributed by atoms with E-state index in [-0.39, 0.29) is 12.1 Å². The summed E-state index contributed by atoms with van der Waals surface area (Å²) in [5.41, 5.74) is 1.01. The van der Waals surface area contributed by atoms with Gasteiger partial charge in [-0.05, 0) is 24.8 Å². The molecule has 3 atom stereocenters. The second kappa shape index (κ2) is 4.98. The van der Waals surface area contributed by atoms with Crippen LogP contribution in [0.25, 0.3) is 0 Å². The molecule has 0 radical (unpaired) electrons. The molecule has 1 aromatic rings. The molecule has 2 saturated heterocycles. The van der Waals surface area contributed by atoms with Gasteiger partial charge in [0.2, 0.25) is 0 Å². The number of carbonyl (C=O) groups is 1. The molecule has 18 heavy (non-hydrogen) atoms. The third-order valence-corrected chi connectivity index (χ3v) is 3.82. The SMILES string of the molecule is O=C(N[C@H]1CC2CCC1N2)OCc1ccccc1. The molecule has 0 aliphatic carbocycles. The van der Waals surface area contributed by atoms with E-state index in [0.29, 0.717) is 18.7 Å². The lowest BCUT2D eigenvalue weighted by atomic mass is 9.96. The molecule has 0 saturated carbocycles. The molecule has 0 spiro atoms. The maximum Gasteiger partial charge on any atom is 0.407 e. The number of hydrogen-bond donors (Lipinski definition) is 2. The van der Waals surface area contributed by atoms with Crippen LogP contribution in [0.1, 0.15) is 24.8 Å². The molecule has 2 bridgehead atoms. The van der Waals surface area contributed by atoms with Crippen molar-refractivity contribution in [2.75, 3.05) is 0 Å². The van der Waals surface area contributed by atoms with Crippen molar-refractivity contribution >= 4 is 6.09 Å². The number of fused-ring (bicyclic) bond motifs is 2. The van der Waals surface area contributed by atoms with E-state index in [1.54, 1.807) is 0 Å². The molecule has 2 heterocycles. The largest absolute Gasteiger partial charge is 0.445 e. The minimum absolute atomic E-state index is 0.243. The second-order valence-electron chi connectivity index (χ2n) is 5.10. The van der Waals surface area contributed by atoms with Crippen molar-refractivity contribution in [1.29, 1.82) is 0 Å². The summed E-state index contributed by atoms with van der Waals surface area (Å²) < 4.78 is 5.22. The summed E-state index contributed by atoms with van der Waals surface area (Å²) in [5, 5.41) is 6.44. The van der Waals surface area contributed by atoms with E-state index in [9.17, 15) is 4.79 Å². The highest BCUT2D eigenvalue weighted by Gasteiger charge is 2.39. The fourth-order valence-electron chi connectivity index (χ4n) is 2.90. The summed E-state index contributed by atoms with van der Waals surface area (Å²) in [6.45, 7) is 0.334. The third-order valence-electron chi connectivity index (χ3n) is 3.82. The summed E-state index contributed by atoms with van der Waals surface area (Å²) in [4.78, 5) is 11.7. The second-order valence-corrected chi connectivity index (χ2v) is 5.10. The van der Waals surface area contributed by atoms with E-state index in [4.69, 9.17) is 4.74 Å². The molecule has 0 aromatic heterocycles. The summed E-state index contributed by atoms with van der Waals surface area (Å²) in [7, 11) is 0. The van der Waals surface area contributed by atoms with Crippen molar-refractivity contribution in [2.24, 2.45) is 0 Å². The molecule has 1 amide bonds. The molecule has 2 fully saturated rings. The number of ether oxygens (including phenoxy) is 1. The van der Waals surface area contributed by atoms with Crippen LogP contribution in [0.15, 0.2) is 30.3 Å². The Hall–Kier alpha value is -1.55. The highest BCUT2D eigenvalue weighted by molar-refractivity contribution is 5.67. The van der Waals surface area contributed by atoms with Crippen LogP contribution in [0.3, 0.4) is 0 Å². The number of rotatable bonds is 3. The monoisotopic (exact) mass is 246 g/mol. The van der Waals surface area contributed by atoms with Crippen molar-refractivity contribution in [3.63, 3.8) is 0 Å². The quantitative estimate of drug-likeness (QED) is 0.855. The van der Waals surface area contributed by atoms with Gasteiger partial charge >= 0.3 is 6.09 Å². The first kappa shape index (κ1) is 11.5. The smallest absolute Gasteiger partial charge is 0.407 e. The Labute approximate surface area is 107 Å². The van der Waals surface area contributed by atoms with Crippen LogP contribution in [0.2, 0.25) is 0 Å². The molecule has 3 rings (SSSR count). The van der Waals surface area contributed by atoms with Crippen LogP contribution < -0.4 is 10.6 Å². The lowest BCUT2D eigenvalue weighted by Crippen LogP contribution is -2.43. The van der Waals surface area contributed by atoms with Crippen LogP contribution in [-0.4, -0.2) is 24.2 Å². The fourth-order valence-corrected chi connectivity index (χ4v) is 2.90. The zero-order valence-electron chi connectivity index (χ0n) is 10.3. The Kier molecular flexibility index (Phi) is 3.19. The highest BCUT2D eigenvalue weighted by atomic mass is 16.5. The Morgan fingerprint density at radius 3 is 2.83 bits per heavy atom. The highest BCUT2D eigenvalue weighted by Crippen LogP contribution is 2.28. The predicted molar refractivity (Wildman–Crippen MR) is 68.1 cm³/mol. The minimum atomic E-state index is -0.307. The molecular weight excluding hydrogens is 228 g/mol. The molecule has 4 heteroatoms. The van der Waals surface area contributed by atoms with Crippen molar-refractivity contribution in [3.05, 3.63) is 35.9 Å². The number of hydrogen-bond acceptors (Lipinski definition) is 3. The topological polar surface area (TPSA) is 50.4 Å². The van der Waals surface area contributed by atoms with Crippen LogP contribution in [0.5, 0.6) is 0 Å². The van der Waals surface area contributed by atoms with Crippen molar-refractivity contribution in [3.8, 4) is 0 Å². The van der Waals surface area contributed by atoms with Gasteiger partial charge in [0.15, 0.2) is 0 Å². The van der Waals surface area contributed by atoms with E-state index in [0.717, 1.165) is 18.4 Å². The predicted octanol–water partition coefficient (Wildman–Crippen LogP) is 1.81. The first-order valence-corrected chi connectivity index (χ1v) is 6.54. The van der Waals surface area contributed by atoms with Crippen molar-refractivity contribution < 1.29 is 9.53 Å². The molecule has 2 aliphatic heterocycles. The lowest BCUT2D eigenvalue weighted by Gasteiger charge is -2.21. The summed E-state index contributed by atoms with van der Waals surface area (Å²) in [5.74, 6) is 0. The van der Waals surface area contributed by atoms with Crippen LogP contribution in [-0.2, 0) is 11.3 Å². The van der Waals surface area contributed by atoms with Gasteiger partial charge in [0.1, 0.15) is 6.61 Å². The van der Waals surface area contributed by atoms with Gasteiger partial charge in [-0.2, -0.15) is 0 Å². The maximum absolute atomic E-state index is 11.7. The van der Waals surface area contributed by atoms with Gasteiger partial charge in [0.05, 0.1) is 0 Å². The van der Waals surface area contributed by atoms with Crippen LogP contribution in [0, 0.1) is 0 Å². The van der Waals surface area contributed by atoms with Gasteiger partial charge < -0.3 is 15.4 Å². The van der Waals surface area contributed by atoms with Crippen molar-refractivity contribution in [2.45, 2.75) is 44.0 Å². The van der Waals surface area contributed by atoms with Gasteiger partial charge in [-0.3, -0.25) is 0 Å². The van der Waals surface area contributed by atoms with Gasteiger partial charge in [0.25, 0.3) is 0 Å². The number of carbonyl (C=O) groups excluding carboxylic acids is 1. The van der Waals surface area contributed by atoms with Gasteiger partial charge in [-0.15, -0.1) is 0 Å². The average molecular weight is 246 g/mol. The third kappa shape index (κ3) is 2.48. The maximum atomic E-state index is 11.7. The zero-order valence-corrected chi connectivity index (χ0v) is 10.3. The Balaban J connectivity index is 1.45. The number of alkyl carbamates (subject to hydrolysis) is 1. The summed E-state index contributed by atoms with van der Waals surface area (Å²) in [6.07, 6.45) is 3.12. The average Bonchev–Trinajstić information content (AvgIpc) is 3.00. The zero-order chi connectivity index (χ0) is 12.4.